The number of methoxy groups -OCH3 is 1. The van der Waals surface area contributed by atoms with E-state index in [9.17, 15) is 14.9 Å². The lowest BCUT2D eigenvalue weighted by atomic mass is 10.2. The van der Waals surface area contributed by atoms with Crippen LogP contribution in [0.2, 0.25) is 5.02 Å². The van der Waals surface area contributed by atoms with Crippen LogP contribution in [0.4, 0.5) is 11.4 Å². The van der Waals surface area contributed by atoms with Crippen LogP contribution in [0.15, 0.2) is 65.8 Å². The van der Waals surface area contributed by atoms with E-state index in [4.69, 9.17) is 21.1 Å². The molecule has 9 heteroatoms. The standard InChI is InChI=1S/C22H18ClN3O5/c1-14-6-8-17(12-19(14)23)25-24-13-15-7-9-20(21(10-15)30-2)31-22(27)16-4-3-5-18(11-16)26(28)29/h3-13,25H,1-2H3. The molecular weight excluding hydrogens is 422 g/mol. The Morgan fingerprint density at radius 3 is 2.65 bits per heavy atom. The first-order valence-electron chi connectivity index (χ1n) is 9.07. The van der Waals surface area contributed by atoms with Crippen molar-refractivity contribution in [3.63, 3.8) is 0 Å². The molecule has 0 spiro atoms. The fourth-order valence-corrected chi connectivity index (χ4v) is 2.78. The van der Waals surface area contributed by atoms with Gasteiger partial charge in [-0.05, 0) is 54.4 Å². The highest BCUT2D eigenvalue weighted by molar-refractivity contribution is 6.31. The number of hydrazone groups is 1. The average Bonchev–Trinajstić information content (AvgIpc) is 2.77. The Morgan fingerprint density at radius 1 is 1.13 bits per heavy atom. The molecule has 0 heterocycles. The monoisotopic (exact) mass is 439 g/mol. The van der Waals surface area contributed by atoms with Gasteiger partial charge >= 0.3 is 5.97 Å². The van der Waals surface area contributed by atoms with Gasteiger partial charge in [-0.15, -0.1) is 0 Å². The molecule has 158 valence electrons. The molecule has 0 saturated heterocycles. The largest absolute Gasteiger partial charge is 0.493 e. The summed E-state index contributed by atoms with van der Waals surface area (Å²) >= 11 is 6.09. The summed E-state index contributed by atoms with van der Waals surface area (Å²) in [7, 11) is 1.44. The quantitative estimate of drug-likeness (QED) is 0.178. The number of carbonyl (C=O) groups excluding carboxylic acids is 1. The Hall–Kier alpha value is -3.91. The minimum absolute atomic E-state index is 0.0582. The maximum absolute atomic E-state index is 12.4. The zero-order valence-corrected chi connectivity index (χ0v) is 17.4. The summed E-state index contributed by atoms with van der Waals surface area (Å²) in [5, 5.41) is 15.7. The van der Waals surface area contributed by atoms with Crippen LogP contribution in [-0.2, 0) is 0 Å². The van der Waals surface area contributed by atoms with Crippen LogP contribution in [0.25, 0.3) is 0 Å². The second kappa shape index (κ2) is 9.73. The highest BCUT2D eigenvalue weighted by atomic mass is 35.5. The number of halogens is 1. The summed E-state index contributed by atoms with van der Waals surface area (Å²) in [6, 6.07) is 15.7. The van der Waals surface area contributed by atoms with Crippen molar-refractivity contribution in [3.8, 4) is 11.5 Å². The van der Waals surface area contributed by atoms with Crippen LogP contribution >= 0.6 is 11.6 Å². The summed E-state index contributed by atoms with van der Waals surface area (Å²) in [6.45, 7) is 1.91. The molecule has 0 aromatic heterocycles. The topological polar surface area (TPSA) is 103 Å². The summed E-state index contributed by atoms with van der Waals surface area (Å²) in [4.78, 5) is 22.7. The molecule has 3 rings (SSSR count). The Balaban J connectivity index is 1.72. The predicted molar refractivity (Wildman–Crippen MR) is 118 cm³/mol. The molecule has 0 aliphatic rings. The van der Waals surface area contributed by atoms with Crippen LogP contribution in [0.5, 0.6) is 11.5 Å². The zero-order chi connectivity index (χ0) is 22.4. The Bertz CT molecular complexity index is 1160. The van der Waals surface area contributed by atoms with Crippen LogP contribution in [0.3, 0.4) is 0 Å². The number of nitrogens with zero attached hydrogens (tertiary/aromatic N) is 2. The molecule has 0 saturated carbocycles. The maximum Gasteiger partial charge on any atom is 0.343 e. The van der Waals surface area contributed by atoms with E-state index >= 15 is 0 Å². The molecule has 3 aromatic carbocycles. The molecular formula is C22H18ClN3O5. The van der Waals surface area contributed by atoms with Gasteiger partial charge in [-0.1, -0.05) is 23.7 Å². The van der Waals surface area contributed by atoms with Gasteiger partial charge in [0.1, 0.15) is 0 Å². The third kappa shape index (κ3) is 5.58. The SMILES string of the molecule is COc1cc(C=NNc2ccc(C)c(Cl)c2)ccc1OC(=O)c1cccc([N+](=O)[O-])c1. The van der Waals surface area contributed by atoms with E-state index in [1.54, 1.807) is 30.5 Å². The number of ether oxygens (including phenoxy) is 2. The van der Waals surface area contributed by atoms with E-state index in [0.29, 0.717) is 16.3 Å². The predicted octanol–water partition coefficient (Wildman–Crippen LogP) is 5.23. The van der Waals surface area contributed by atoms with Crippen molar-refractivity contribution in [2.45, 2.75) is 6.92 Å². The molecule has 1 N–H and O–H groups in total. The molecule has 0 atom stereocenters. The van der Waals surface area contributed by atoms with Gasteiger partial charge in [0.25, 0.3) is 5.69 Å². The van der Waals surface area contributed by atoms with Crippen LogP contribution in [0, 0.1) is 17.0 Å². The van der Waals surface area contributed by atoms with E-state index in [-0.39, 0.29) is 17.0 Å². The van der Waals surface area contributed by atoms with Crippen molar-refractivity contribution in [1.29, 1.82) is 0 Å². The Kier molecular flexibility index (Phi) is 6.84. The molecule has 0 aliphatic heterocycles. The number of rotatable bonds is 7. The van der Waals surface area contributed by atoms with Crippen molar-refractivity contribution in [2.24, 2.45) is 5.10 Å². The van der Waals surface area contributed by atoms with Gasteiger partial charge in [-0.2, -0.15) is 5.10 Å². The van der Waals surface area contributed by atoms with E-state index in [1.165, 1.54) is 25.3 Å². The molecule has 0 radical (unpaired) electrons. The van der Waals surface area contributed by atoms with Gasteiger partial charge in [0, 0.05) is 17.2 Å². The number of hydrogen-bond acceptors (Lipinski definition) is 7. The third-order valence-corrected chi connectivity index (χ3v) is 4.67. The number of benzene rings is 3. The summed E-state index contributed by atoms with van der Waals surface area (Å²) in [6.07, 6.45) is 1.57. The number of carbonyl (C=O) groups is 1. The molecule has 8 nitrogen and oxygen atoms in total. The van der Waals surface area contributed by atoms with Gasteiger partial charge in [-0.25, -0.2) is 4.79 Å². The lowest BCUT2D eigenvalue weighted by molar-refractivity contribution is -0.384. The number of anilines is 1. The molecule has 0 amide bonds. The maximum atomic E-state index is 12.4. The lowest BCUT2D eigenvalue weighted by Gasteiger charge is -2.10. The summed E-state index contributed by atoms with van der Waals surface area (Å²) < 4.78 is 10.6. The second-order valence-electron chi connectivity index (χ2n) is 6.44. The van der Waals surface area contributed by atoms with Gasteiger partial charge in [0.05, 0.1) is 29.5 Å². The minimum atomic E-state index is -0.735. The average molecular weight is 440 g/mol. The Labute approximate surface area is 183 Å². The van der Waals surface area contributed by atoms with E-state index in [2.05, 4.69) is 10.5 Å². The number of hydrogen-bond donors (Lipinski definition) is 1. The number of aryl methyl sites for hydroxylation is 1. The number of nitro benzene ring substituents is 1. The van der Waals surface area contributed by atoms with Gasteiger partial charge in [0.2, 0.25) is 0 Å². The highest BCUT2D eigenvalue weighted by Gasteiger charge is 2.16. The third-order valence-electron chi connectivity index (χ3n) is 4.26. The van der Waals surface area contributed by atoms with E-state index in [1.807, 2.05) is 19.1 Å². The van der Waals surface area contributed by atoms with Crippen molar-refractivity contribution in [2.75, 3.05) is 12.5 Å². The number of non-ortho nitro benzene ring substituents is 1. The lowest BCUT2D eigenvalue weighted by Crippen LogP contribution is -2.09. The van der Waals surface area contributed by atoms with Gasteiger partial charge in [-0.3, -0.25) is 15.5 Å². The molecule has 31 heavy (non-hydrogen) atoms. The molecule has 3 aromatic rings. The number of nitro groups is 1. The van der Waals surface area contributed by atoms with Crippen LogP contribution < -0.4 is 14.9 Å². The fourth-order valence-electron chi connectivity index (χ4n) is 2.60. The number of esters is 1. The van der Waals surface area contributed by atoms with Gasteiger partial charge < -0.3 is 9.47 Å². The minimum Gasteiger partial charge on any atom is -0.493 e. The number of nitrogens with one attached hydrogen (secondary N) is 1. The summed E-state index contributed by atoms with van der Waals surface area (Å²) in [5.74, 6) is -0.253. The zero-order valence-electron chi connectivity index (χ0n) is 16.7. The molecule has 0 bridgehead atoms. The van der Waals surface area contributed by atoms with Crippen molar-refractivity contribution >= 4 is 35.2 Å². The summed E-state index contributed by atoms with van der Waals surface area (Å²) in [5.41, 5.74) is 5.14. The van der Waals surface area contributed by atoms with Crippen molar-refractivity contribution < 1.29 is 19.2 Å². The van der Waals surface area contributed by atoms with Crippen LogP contribution in [0.1, 0.15) is 21.5 Å². The Morgan fingerprint density at radius 2 is 1.94 bits per heavy atom. The first-order chi connectivity index (χ1) is 14.9. The normalized spacial score (nSPS) is 10.7. The van der Waals surface area contributed by atoms with Crippen molar-refractivity contribution in [1.82, 2.24) is 0 Å². The van der Waals surface area contributed by atoms with E-state index in [0.717, 1.165) is 17.3 Å². The molecule has 0 fully saturated rings. The fraction of sp³-hybridized carbons (Fsp3) is 0.0909. The van der Waals surface area contributed by atoms with Crippen molar-refractivity contribution in [3.05, 3.63) is 92.5 Å². The highest BCUT2D eigenvalue weighted by Crippen LogP contribution is 2.29. The van der Waals surface area contributed by atoms with E-state index < -0.39 is 10.9 Å². The van der Waals surface area contributed by atoms with Gasteiger partial charge in [0.15, 0.2) is 11.5 Å². The smallest absolute Gasteiger partial charge is 0.343 e. The van der Waals surface area contributed by atoms with Crippen LogP contribution in [-0.4, -0.2) is 24.2 Å². The first kappa shape index (κ1) is 21.8. The molecule has 0 aliphatic carbocycles. The molecule has 0 unspecified atom stereocenters. The second-order valence-corrected chi connectivity index (χ2v) is 6.85. The first-order valence-corrected chi connectivity index (χ1v) is 9.45.